The summed E-state index contributed by atoms with van der Waals surface area (Å²) in [6.07, 6.45) is 4.58. The predicted octanol–water partition coefficient (Wildman–Crippen LogP) is 5.40. The number of fused-ring (bicyclic) bond motifs is 3. The van der Waals surface area contributed by atoms with E-state index in [4.69, 9.17) is 4.98 Å². The molecule has 0 bridgehead atoms. The van der Waals surface area contributed by atoms with E-state index in [1.54, 1.807) is 16.3 Å². The van der Waals surface area contributed by atoms with Gasteiger partial charge in [-0.3, -0.25) is 14.2 Å². The van der Waals surface area contributed by atoms with Crippen LogP contribution in [-0.2, 0) is 4.79 Å². The van der Waals surface area contributed by atoms with Gasteiger partial charge in [-0.25, -0.2) is 4.98 Å². The number of para-hydroxylation sites is 2. The van der Waals surface area contributed by atoms with Crippen LogP contribution in [0.5, 0.6) is 0 Å². The first-order valence-electron chi connectivity index (χ1n) is 11.0. The summed E-state index contributed by atoms with van der Waals surface area (Å²) >= 11 is 3.07. The lowest BCUT2D eigenvalue weighted by Gasteiger charge is -2.24. The Morgan fingerprint density at radius 3 is 2.69 bits per heavy atom. The lowest BCUT2D eigenvalue weighted by molar-refractivity contribution is -0.113. The summed E-state index contributed by atoms with van der Waals surface area (Å²) in [7, 11) is 0. The molecule has 0 radical (unpaired) electrons. The molecule has 164 valence electrons. The number of aromatic nitrogens is 2. The van der Waals surface area contributed by atoms with E-state index < -0.39 is 0 Å². The molecule has 1 saturated carbocycles. The maximum atomic E-state index is 13.7. The van der Waals surface area contributed by atoms with Gasteiger partial charge < -0.3 is 5.32 Å². The Hall–Kier alpha value is -2.51. The SMILES string of the molecule is Cc1ccccc1NC(=O)CSc1nc2c(c(=O)n1-c1ccccc1)[C@H]1CCCC[C@H]1S2. The molecule has 2 atom stereocenters. The monoisotopic (exact) mass is 463 g/mol. The molecule has 0 spiro atoms. The highest BCUT2D eigenvalue weighted by atomic mass is 32.2. The molecular weight excluding hydrogens is 438 g/mol. The first-order valence-corrected chi connectivity index (χ1v) is 12.9. The fourth-order valence-electron chi connectivity index (χ4n) is 4.55. The highest BCUT2D eigenvalue weighted by Gasteiger charge is 2.39. The van der Waals surface area contributed by atoms with Gasteiger partial charge in [0, 0.05) is 16.9 Å². The van der Waals surface area contributed by atoms with Gasteiger partial charge >= 0.3 is 0 Å². The minimum absolute atomic E-state index is 0.0184. The topological polar surface area (TPSA) is 64.0 Å². The number of aryl methyl sites for hydroxylation is 1. The van der Waals surface area contributed by atoms with Crippen molar-refractivity contribution in [2.45, 2.75) is 54.0 Å². The molecule has 3 aromatic rings. The molecule has 1 aromatic heterocycles. The normalized spacial score (nSPS) is 19.3. The number of hydrogen-bond donors (Lipinski definition) is 1. The number of rotatable bonds is 5. The van der Waals surface area contributed by atoms with E-state index in [-0.39, 0.29) is 17.2 Å². The minimum atomic E-state index is -0.111. The number of anilines is 1. The van der Waals surface area contributed by atoms with Gasteiger partial charge in [0.15, 0.2) is 5.16 Å². The Bertz CT molecular complexity index is 1210. The van der Waals surface area contributed by atoms with E-state index in [0.717, 1.165) is 40.4 Å². The van der Waals surface area contributed by atoms with Crippen LogP contribution in [0.1, 0.15) is 42.7 Å². The van der Waals surface area contributed by atoms with Crippen LogP contribution in [0.2, 0.25) is 0 Å². The van der Waals surface area contributed by atoms with Crippen molar-refractivity contribution in [3.05, 3.63) is 76.1 Å². The number of nitrogens with one attached hydrogen (secondary N) is 1. The Labute approximate surface area is 196 Å². The van der Waals surface area contributed by atoms with Crippen molar-refractivity contribution in [2.24, 2.45) is 0 Å². The molecule has 5 nitrogen and oxygen atoms in total. The van der Waals surface area contributed by atoms with Crippen LogP contribution in [0.3, 0.4) is 0 Å². The molecule has 5 rings (SSSR count). The molecule has 2 heterocycles. The van der Waals surface area contributed by atoms with Gasteiger partial charge in [-0.05, 0) is 43.5 Å². The second kappa shape index (κ2) is 9.16. The average Bonchev–Trinajstić information content (AvgIpc) is 3.18. The zero-order chi connectivity index (χ0) is 22.1. The quantitative estimate of drug-likeness (QED) is 0.312. The predicted molar refractivity (Wildman–Crippen MR) is 131 cm³/mol. The van der Waals surface area contributed by atoms with Gasteiger partial charge in [0.25, 0.3) is 5.56 Å². The fraction of sp³-hybridized carbons (Fsp3) is 0.320. The van der Waals surface area contributed by atoms with Crippen molar-refractivity contribution in [2.75, 3.05) is 11.1 Å². The number of carbonyl (C=O) groups is 1. The Balaban J connectivity index is 1.47. The Morgan fingerprint density at radius 1 is 1.12 bits per heavy atom. The van der Waals surface area contributed by atoms with Crippen molar-refractivity contribution in [1.82, 2.24) is 9.55 Å². The molecule has 1 aliphatic carbocycles. The summed E-state index contributed by atoms with van der Waals surface area (Å²) in [6, 6.07) is 17.3. The first-order chi connectivity index (χ1) is 15.6. The summed E-state index contributed by atoms with van der Waals surface area (Å²) < 4.78 is 1.70. The van der Waals surface area contributed by atoms with Crippen molar-refractivity contribution in [3.63, 3.8) is 0 Å². The third-order valence-corrected chi connectivity index (χ3v) is 8.49. The summed E-state index contributed by atoms with van der Waals surface area (Å²) in [6.45, 7) is 1.97. The van der Waals surface area contributed by atoms with Crippen molar-refractivity contribution >= 4 is 35.1 Å². The number of benzene rings is 2. The molecule has 0 unspecified atom stereocenters. The van der Waals surface area contributed by atoms with E-state index in [0.29, 0.717) is 16.3 Å². The van der Waals surface area contributed by atoms with E-state index in [9.17, 15) is 9.59 Å². The number of thioether (sulfide) groups is 2. The second-order valence-corrected chi connectivity index (χ2v) is 10.5. The van der Waals surface area contributed by atoms with Crippen LogP contribution in [0.15, 0.2) is 69.6 Å². The van der Waals surface area contributed by atoms with Crippen molar-refractivity contribution in [3.8, 4) is 5.69 Å². The average molecular weight is 464 g/mol. The van der Waals surface area contributed by atoms with Crippen LogP contribution in [0.4, 0.5) is 5.69 Å². The summed E-state index contributed by atoms with van der Waals surface area (Å²) in [5, 5.41) is 4.86. The lowest BCUT2D eigenvalue weighted by atomic mass is 9.85. The lowest BCUT2D eigenvalue weighted by Crippen LogP contribution is -2.29. The van der Waals surface area contributed by atoms with Gasteiger partial charge in [-0.15, -0.1) is 11.8 Å². The largest absolute Gasteiger partial charge is 0.325 e. The molecular formula is C25H25N3O2S2. The zero-order valence-electron chi connectivity index (χ0n) is 17.9. The van der Waals surface area contributed by atoms with Crippen LogP contribution in [0.25, 0.3) is 5.69 Å². The highest BCUT2D eigenvalue weighted by molar-refractivity contribution is 8.00. The maximum absolute atomic E-state index is 13.7. The summed E-state index contributed by atoms with van der Waals surface area (Å²) in [5.74, 6) is 0.367. The zero-order valence-corrected chi connectivity index (χ0v) is 19.5. The van der Waals surface area contributed by atoms with E-state index in [1.165, 1.54) is 24.6 Å². The van der Waals surface area contributed by atoms with Crippen LogP contribution < -0.4 is 10.9 Å². The number of nitrogens with zero attached hydrogens (tertiary/aromatic N) is 2. The van der Waals surface area contributed by atoms with E-state index in [1.807, 2.05) is 61.5 Å². The van der Waals surface area contributed by atoms with Crippen molar-refractivity contribution < 1.29 is 4.79 Å². The molecule has 1 N–H and O–H groups in total. The van der Waals surface area contributed by atoms with Crippen LogP contribution in [0, 0.1) is 6.92 Å². The number of amides is 1. The summed E-state index contributed by atoms with van der Waals surface area (Å²) in [4.78, 5) is 31.3. The summed E-state index contributed by atoms with van der Waals surface area (Å²) in [5.41, 5.74) is 3.50. The van der Waals surface area contributed by atoms with Gasteiger partial charge in [-0.1, -0.05) is 61.0 Å². The highest BCUT2D eigenvalue weighted by Crippen LogP contribution is 2.50. The first kappa shape index (κ1) is 21.3. The number of hydrogen-bond acceptors (Lipinski definition) is 5. The molecule has 1 aliphatic heterocycles. The number of carbonyl (C=O) groups excluding carboxylic acids is 1. The van der Waals surface area contributed by atoms with E-state index in [2.05, 4.69) is 5.32 Å². The molecule has 2 aliphatic rings. The molecule has 0 saturated heterocycles. The molecule has 1 fully saturated rings. The van der Waals surface area contributed by atoms with E-state index >= 15 is 0 Å². The van der Waals surface area contributed by atoms with Crippen LogP contribution in [-0.4, -0.2) is 26.5 Å². The van der Waals surface area contributed by atoms with Crippen molar-refractivity contribution in [1.29, 1.82) is 0 Å². The smallest absolute Gasteiger partial charge is 0.263 e. The minimum Gasteiger partial charge on any atom is -0.325 e. The van der Waals surface area contributed by atoms with Gasteiger partial charge in [0.1, 0.15) is 5.03 Å². The maximum Gasteiger partial charge on any atom is 0.263 e. The second-order valence-electron chi connectivity index (χ2n) is 8.29. The molecule has 1 amide bonds. The Kier molecular flexibility index (Phi) is 6.11. The molecule has 2 aromatic carbocycles. The molecule has 32 heavy (non-hydrogen) atoms. The van der Waals surface area contributed by atoms with Gasteiger partial charge in [0.2, 0.25) is 5.91 Å². The van der Waals surface area contributed by atoms with Gasteiger partial charge in [0.05, 0.1) is 17.0 Å². The van der Waals surface area contributed by atoms with Gasteiger partial charge in [-0.2, -0.15) is 0 Å². The molecule has 7 heteroatoms. The Morgan fingerprint density at radius 2 is 1.88 bits per heavy atom. The van der Waals surface area contributed by atoms with Crippen LogP contribution >= 0.6 is 23.5 Å². The fourth-order valence-corrected chi connectivity index (χ4v) is 6.92. The third kappa shape index (κ3) is 4.11. The standard InChI is InChI=1S/C25H25N3O2S2/c1-16-9-5-7-13-19(16)26-21(29)15-31-25-27-23-22(18-12-6-8-14-20(18)32-23)24(30)28(25)17-10-3-2-4-11-17/h2-5,7,9-11,13,18,20H,6,8,12,14-15H2,1H3,(H,26,29)/t18-,20+/m0/s1. The third-order valence-electron chi connectivity index (χ3n) is 6.15.